The van der Waals surface area contributed by atoms with Crippen LogP contribution in [0.5, 0.6) is 0 Å². The Hall–Kier alpha value is -0.860. The van der Waals surface area contributed by atoms with Crippen LogP contribution >= 0.6 is 0 Å². The number of aliphatic hydroxyl groups is 1. The third-order valence-electron chi connectivity index (χ3n) is 3.04. The topological polar surface area (TPSA) is 32.3 Å². The highest BCUT2D eigenvalue weighted by Gasteiger charge is 2.16. The standard InChI is InChI=1S/C16H27NO/c1-11(2)10-14-6-8-15(9-7-14)16(18)13(5)17-12(3)4/h6-9,11-13,16-18H,10H2,1-5H3. The lowest BCUT2D eigenvalue weighted by atomic mass is 9.98. The number of hydrogen-bond donors (Lipinski definition) is 2. The average Bonchev–Trinajstić information content (AvgIpc) is 2.27. The maximum absolute atomic E-state index is 10.2. The Labute approximate surface area is 111 Å². The Balaban J connectivity index is 2.66. The van der Waals surface area contributed by atoms with Crippen molar-refractivity contribution >= 4 is 0 Å². The van der Waals surface area contributed by atoms with E-state index in [1.807, 2.05) is 19.1 Å². The number of nitrogens with one attached hydrogen (secondary N) is 1. The van der Waals surface area contributed by atoms with Crippen LogP contribution in [0.15, 0.2) is 24.3 Å². The minimum absolute atomic E-state index is 0.0703. The lowest BCUT2D eigenvalue weighted by molar-refractivity contribution is 0.132. The molecular formula is C16H27NO. The van der Waals surface area contributed by atoms with Gasteiger partial charge in [-0.15, -0.1) is 0 Å². The highest BCUT2D eigenvalue weighted by atomic mass is 16.3. The fourth-order valence-electron chi connectivity index (χ4n) is 2.23. The van der Waals surface area contributed by atoms with E-state index in [1.54, 1.807) is 0 Å². The molecule has 2 heteroatoms. The predicted molar refractivity (Wildman–Crippen MR) is 77.7 cm³/mol. The maximum atomic E-state index is 10.2. The van der Waals surface area contributed by atoms with Crippen molar-refractivity contribution < 1.29 is 5.11 Å². The van der Waals surface area contributed by atoms with Crippen molar-refractivity contribution in [2.45, 2.75) is 59.2 Å². The summed E-state index contributed by atoms with van der Waals surface area (Å²) in [5.41, 5.74) is 2.33. The molecule has 0 radical (unpaired) electrons. The molecule has 1 aromatic carbocycles. The van der Waals surface area contributed by atoms with Gasteiger partial charge >= 0.3 is 0 Å². The number of rotatable bonds is 6. The lowest BCUT2D eigenvalue weighted by Gasteiger charge is -2.23. The monoisotopic (exact) mass is 249 g/mol. The van der Waals surface area contributed by atoms with Crippen LogP contribution in [-0.2, 0) is 6.42 Å². The molecule has 0 saturated heterocycles. The van der Waals surface area contributed by atoms with E-state index in [0.29, 0.717) is 12.0 Å². The number of benzene rings is 1. The third kappa shape index (κ3) is 4.79. The van der Waals surface area contributed by atoms with Gasteiger partial charge in [0.25, 0.3) is 0 Å². The van der Waals surface area contributed by atoms with E-state index < -0.39 is 6.10 Å². The number of hydrogen-bond acceptors (Lipinski definition) is 2. The van der Waals surface area contributed by atoms with Crippen LogP contribution in [0.3, 0.4) is 0 Å². The molecule has 2 N–H and O–H groups in total. The molecule has 0 heterocycles. The van der Waals surface area contributed by atoms with Gasteiger partial charge in [0.1, 0.15) is 0 Å². The molecule has 102 valence electrons. The van der Waals surface area contributed by atoms with Crippen LogP contribution in [-0.4, -0.2) is 17.2 Å². The van der Waals surface area contributed by atoms with Crippen LogP contribution in [0.25, 0.3) is 0 Å². The van der Waals surface area contributed by atoms with Crippen molar-refractivity contribution in [2.75, 3.05) is 0 Å². The van der Waals surface area contributed by atoms with E-state index >= 15 is 0 Å². The molecular weight excluding hydrogens is 222 g/mol. The largest absolute Gasteiger partial charge is 0.387 e. The van der Waals surface area contributed by atoms with Crippen molar-refractivity contribution in [1.29, 1.82) is 0 Å². The van der Waals surface area contributed by atoms with Crippen LogP contribution in [0.2, 0.25) is 0 Å². The van der Waals surface area contributed by atoms with Crippen LogP contribution < -0.4 is 5.32 Å². The Morgan fingerprint density at radius 1 is 1.00 bits per heavy atom. The molecule has 1 aromatic rings. The molecule has 0 amide bonds. The van der Waals surface area contributed by atoms with E-state index in [4.69, 9.17) is 0 Å². The molecule has 0 fully saturated rings. The normalized spacial score (nSPS) is 15.1. The van der Waals surface area contributed by atoms with Gasteiger partial charge in [0.15, 0.2) is 0 Å². The first-order valence-corrected chi connectivity index (χ1v) is 6.93. The molecule has 2 atom stereocenters. The first-order valence-electron chi connectivity index (χ1n) is 6.93. The van der Waals surface area contributed by atoms with E-state index in [2.05, 4.69) is 45.1 Å². The predicted octanol–water partition coefficient (Wildman–Crippen LogP) is 3.31. The van der Waals surface area contributed by atoms with Gasteiger partial charge in [-0.25, -0.2) is 0 Å². The second-order valence-corrected chi connectivity index (χ2v) is 5.89. The average molecular weight is 249 g/mol. The summed E-state index contributed by atoms with van der Waals surface area (Å²) < 4.78 is 0. The highest BCUT2D eigenvalue weighted by Crippen LogP contribution is 2.19. The van der Waals surface area contributed by atoms with Crippen LogP contribution in [0.1, 0.15) is 51.8 Å². The second kappa shape index (κ2) is 6.91. The fraction of sp³-hybridized carbons (Fsp3) is 0.625. The summed E-state index contributed by atoms with van der Waals surface area (Å²) in [6.07, 6.45) is 0.649. The van der Waals surface area contributed by atoms with Crippen molar-refractivity contribution in [3.05, 3.63) is 35.4 Å². The van der Waals surface area contributed by atoms with Crippen molar-refractivity contribution in [3.63, 3.8) is 0 Å². The summed E-state index contributed by atoms with van der Waals surface area (Å²) in [5, 5.41) is 13.6. The van der Waals surface area contributed by atoms with Gasteiger partial charge in [-0.05, 0) is 30.4 Å². The van der Waals surface area contributed by atoms with Crippen LogP contribution in [0, 0.1) is 5.92 Å². The van der Waals surface area contributed by atoms with E-state index in [9.17, 15) is 5.11 Å². The van der Waals surface area contributed by atoms with Gasteiger partial charge in [-0.3, -0.25) is 0 Å². The van der Waals surface area contributed by atoms with Gasteiger partial charge < -0.3 is 10.4 Å². The Bertz CT molecular complexity index is 343. The molecule has 0 aliphatic carbocycles. The summed E-state index contributed by atoms with van der Waals surface area (Å²) in [6, 6.07) is 8.79. The smallest absolute Gasteiger partial charge is 0.0940 e. The summed E-state index contributed by atoms with van der Waals surface area (Å²) >= 11 is 0. The first kappa shape index (κ1) is 15.2. The Kier molecular flexibility index (Phi) is 5.83. The Morgan fingerprint density at radius 2 is 1.56 bits per heavy atom. The molecule has 0 aliphatic rings. The molecule has 18 heavy (non-hydrogen) atoms. The quantitative estimate of drug-likeness (QED) is 0.810. The number of aliphatic hydroxyl groups excluding tert-OH is 1. The van der Waals surface area contributed by atoms with Crippen LogP contribution in [0.4, 0.5) is 0 Å². The molecule has 2 nitrogen and oxygen atoms in total. The summed E-state index contributed by atoms with van der Waals surface area (Å²) in [5.74, 6) is 0.669. The SMILES string of the molecule is CC(C)Cc1ccc(C(O)C(C)NC(C)C)cc1. The van der Waals surface area contributed by atoms with E-state index in [1.165, 1.54) is 5.56 Å². The molecule has 0 aromatic heterocycles. The minimum Gasteiger partial charge on any atom is -0.387 e. The van der Waals surface area contributed by atoms with Gasteiger partial charge in [0, 0.05) is 12.1 Å². The van der Waals surface area contributed by atoms with E-state index in [-0.39, 0.29) is 6.04 Å². The van der Waals surface area contributed by atoms with Crippen molar-refractivity contribution in [3.8, 4) is 0 Å². The van der Waals surface area contributed by atoms with Gasteiger partial charge in [0.2, 0.25) is 0 Å². The molecule has 0 bridgehead atoms. The van der Waals surface area contributed by atoms with Gasteiger partial charge in [-0.1, -0.05) is 52.0 Å². The highest BCUT2D eigenvalue weighted by molar-refractivity contribution is 5.25. The molecule has 0 spiro atoms. The zero-order valence-electron chi connectivity index (χ0n) is 12.3. The maximum Gasteiger partial charge on any atom is 0.0940 e. The molecule has 0 saturated carbocycles. The minimum atomic E-state index is -0.444. The molecule has 2 unspecified atom stereocenters. The summed E-state index contributed by atoms with van der Waals surface area (Å²) in [6.45, 7) is 10.6. The Morgan fingerprint density at radius 3 is 2.00 bits per heavy atom. The second-order valence-electron chi connectivity index (χ2n) is 5.89. The lowest BCUT2D eigenvalue weighted by Crippen LogP contribution is -2.36. The fourth-order valence-corrected chi connectivity index (χ4v) is 2.23. The van der Waals surface area contributed by atoms with E-state index in [0.717, 1.165) is 12.0 Å². The van der Waals surface area contributed by atoms with Gasteiger partial charge in [0.05, 0.1) is 6.10 Å². The molecule has 1 rings (SSSR count). The summed E-state index contributed by atoms with van der Waals surface area (Å²) in [7, 11) is 0. The van der Waals surface area contributed by atoms with Crippen molar-refractivity contribution in [1.82, 2.24) is 5.32 Å². The third-order valence-corrected chi connectivity index (χ3v) is 3.04. The first-order chi connectivity index (χ1) is 8.40. The summed E-state index contributed by atoms with van der Waals surface area (Å²) in [4.78, 5) is 0. The zero-order valence-corrected chi connectivity index (χ0v) is 12.3. The van der Waals surface area contributed by atoms with Gasteiger partial charge in [-0.2, -0.15) is 0 Å². The zero-order chi connectivity index (χ0) is 13.7. The molecule has 0 aliphatic heterocycles. The van der Waals surface area contributed by atoms with Crippen molar-refractivity contribution in [2.24, 2.45) is 5.92 Å².